The van der Waals surface area contributed by atoms with E-state index >= 15 is 0 Å². The molecule has 1 aromatic carbocycles. The number of unbranched alkanes of at least 4 members (excludes halogenated alkanes) is 2. The number of carboxylic acids is 1. The van der Waals surface area contributed by atoms with E-state index in [4.69, 9.17) is 26.5 Å². The molecule has 2 aromatic rings. The minimum Gasteiger partial charge on any atom is -0.480 e. The number of rotatable bonds is 9. The Labute approximate surface area is 164 Å². The maximum absolute atomic E-state index is 10.9. The zero-order valence-electron chi connectivity index (χ0n) is 15.8. The minimum absolute atomic E-state index is 0.0483. The molecule has 7 heteroatoms. The second-order valence-corrected chi connectivity index (χ2v) is 7.52. The Morgan fingerprint density at radius 2 is 2.22 bits per heavy atom. The Hall–Kier alpha value is -1.79. The number of carboxylic acid groups (broad SMARTS) is 1. The van der Waals surface area contributed by atoms with Crippen LogP contribution in [0.15, 0.2) is 12.1 Å². The van der Waals surface area contributed by atoms with Crippen LogP contribution < -0.4 is 5.32 Å². The maximum atomic E-state index is 10.9. The number of hydrogen-bond acceptors (Lipinski definition) is 4. The summed E-state index contributed by atoms with van der Waals surface area (Å²) in [6.45, 7) is 2.65. The number of ether oxygens (including phenoxy) is 1. The molecule has 1 atom stereocenters. The first-order valence-corrected chi connectivity index (χ1v) is 10.3. The summed E-state index contributed by atoms with van der Waals surface area (Å²) in [5.74, 6) is -0.179. The van der Waals surface area contributed by atoms with Crippen LogP contribution in [0, 0.1) is 6.92 Å². The number of hydrogen-bond donors (Lipinski definition) is 2. The van der Waals surface area contributed by atoms with Gasteiger partial charge in [0.05, 0.1) is 11.2 Å². The van der Waals surface area contributed by atoms with E-state index in [1.165, 1.54) is 0 Å². The van der Waals surface area contributed by atoms with E-state index in [-0.39, 0.29) is 12.8 Å². The van der Waals surface area contributed by atoms with Gasteiger partial charge in [-0.15, -0.1) is 11.6 Å². The lowest BCUT2D eigenvalue weighted by molar-refractivity contribution is -0.134. The van der Waals surface area contributed by atoms with Crippen molar-refractivity contribution in [2.24, 2.45) is 0 Å². The van der Waals surface area contributed by atoms with E-state index in [9.17, 15) is 4.79 Å². The number of fused-ring (bicyclic) bond motifs is 1. The summed E-state index contributed by atoms with van der Waals surface area (Å²) in [6, 6.07) is 4.13. The molecule has 2 heterocycles. The van der Waals surface area contributed by atoms with Crippen LogP contribution in [-0.4, -0.2) is 39.9 Å². The van der Waals surface area contributed by atoms with Crippen molar-refractivity contribution in [3.05, 3.63) is 23.4 Å². The number of anilines is 1. The minimum atomic E-state index is -0.876. The maximum Gasteiger partial charge on any atom is 0.322 e. The van der Waals surface area contributed by atoms with Gasteiger partial charge in [-0.3, -0.25) is 4.79 Å². The first-order valence-electron chi connectivity index (χ1n) is 9.75. The van der Waals surface area contributed by atoms with Gasteiger partial charge < -0.3 is 15.2 Å². The van der Waals surface area contributed by atoms with Gasteiger partial charge in [0.25, 0.3) is 0 Å². The van der Waals surface area contributed by atoms with E-state index in [0.717, 1.165) is 79.4 Å². The molecular weight excluding hydrogens is 366 g/mol. The summed E-state index contributed by atoms with van der Waals surface area (Å²) in [5, 5.41) is 18.0. The van der Waals surface area contributed by atoms with Crippen molar-refractivity contribution in [1.82, 2.24) is 9.78 Å². The number of nitrogens with zero attached hydrogens (tertiary/aromatic N) is 2. The first kappa shape index (κ1) is 20.0. The molecule has 1 aliphatic heterocycles. The fourth-order valence-electron chi connectivity index (χ4n) is 3.60. The molecule has 2 N–H and O–H groups in total. The highest BCUT2D eigenvalue weighted by atomic mass is 35.5. The van der Waals surface area contributed by atoms with Gasteiger partial charge in [-0.2, -0.15) is 5.10 Å². The second-order valence-electron chi connectivity index (χ2n) is 7.14. The lowest BCUT2D eigenvalue weighted by Crippen LogP contribution is -2.19. The van der Waals surface area contributed by atoms with Gasteiger partial charge in [-0.25, -0.2) is 4.68 Å². The lowest BCUT2D eigenvalue weighted by Gasteiger charge is -2.23. The van der Waals surface area contributed by atoms with Gasteiger partial charge in [0.2, 0.25) is 0 Å². The van der Waals surface area contributed by atoms with E-state index < -0.39 is 5.97 Å². The number of aliphatic carboxylic acids is 1. The summed E-state index contributed by atoms with van der Waals surface area (Å²) in [7, 11) is 0. The summed E-state index contributed by atoms with van der Waals surface area (Å²) in [4.78, 5) is 10.9. The quantitative estimate of drug-likeness (QED) is 0.484. The zero-order chi connectivity index (χ0) is 19.2. The number of aromatic nitrogens is 2. The van der Waals surface area contributed by atoms with Crippen LogP contribution in [0.1, 0.15) is 56.0 Å². The summed E-state index contributed by atoms with van der Waals surface area (Å²) < 4.78 is 7.96. The summed E-state index contributed by atoms with van der Waals surface area (Å²) >= 11 is 5.79. The first-order chi connectivity index (χ1) is 13.1. The molecule has 1 saturated heterocycles. The van der Waals surface area contributed by atoms with E-state index in [1.54, 1.807) is 0 Å². The third kappa shape index (κ3) is 4.93. The van der Waals surface area contributed by atoms with E-state index in [2.05, 4.69) is 11.4 Å². The third-order valence-corrected chi connectivity index (χ3v) is 5.30. The Morgan fingerprint density at radius 3 is 2.93 bits per heavy atom. The average molecular weight is 394 g/mol. The molecule has 1 aromatic heterocycles. The standard InChI is InChI=1S/C20H28ClN3O3/c1-14-11-15-16(7-3-2-5-9-21)23-24(19-8-4-6-10-27-19)18(15)12-17(14)22-13-20(25)26/h11-12,19,22H,2-10,13H2,1H3,(H,25,26). The van der Waals surface area contributed by atoms with Crippen LogP contribution >= 0.6 is 11.6 Å². The van der Waals surface area contributed by atoms with Crippen LogP contribution in [-0.2, 0) is 16.0 Å². The molecule has 0 radical (unpaired) electrons. The average Bonchev–Trinajstić information content (AvgIpc) is 3.01. The van der Waals surface area contributed by atoms with Crippen molar-refractivity contribution >= 4 is 34.2 Å². The molecular formula is C20H28ClN3O3. The van der Waals surface area contributed by atoms with Gasteiger partial charge in [-0.1, -0.05) is 6.42 Å². The highest BCUT2D eigenvalue weighted by Gasteiger charge is 2.22. The second kappa shape index (κ2) is 9.42. The van der Waals surface area contributed by atoms with Crippen molar-refractivity contribution in [1.29, 1.82) is 0 Å². The molecule has 6 nitrogen and oxygen atoms in total. The molecule has 1 aliphatic rings. The van der Waals surface area contributed by atoms with Crippen molar-refractivity contribution in [3.8, 4) is 0 Å². The smallest absolute Gasteiger partial charge is 0.322 e. The molecule has 0 bridgehead atoms. The van der Waals surface area contributed by atoms with Crippen LogP contribution in [0.2, 0.25) is 0 Å². The number of benzene rings is 1. The highest BCUT2D eigenvalue weighted by Crippen LogP contribution is 2.32. The van der Waals surface area contributed by atoms with Gasteiger partial charge in [0.15, 0.2) is 6.23 Å². The van der Waals surface area contributed by atoms with E-state index in [1.807, 2.05) is 17.7 Å². The molecule has 1 fully saturated rings. The summed E-state index contributed by atoms with van der Waals surface area (Å²) in [6.07, 6.45) is 7.21. The molecule has 0 spiro atoms. The highest BCUT2D eigenvalue weighted by molar-refractivity contribution is 6.17. The fourth-order valence-corrected chi connectivity index (χ4v) is 3.79. The molecule has 0 aliphatic carbocycles. The Balaban J connectivity index is 1.94. The number of alkyl halides is 1. The Morgan fingerprint density at radius 1 is 1.37 bits per heavy atom. The zero-order valence-corrected chi connectivity index (χ0v) is 16.6. The largest absolute Gasteiger partial charge is 0.480 e. The van der Waals surface area contributed by atoms with Gasteiger partial charge in [0.1, 0.15) is 6.54 Å². The van der Waals surface area contributed by atoms with Crippen molar-refractivity contribution in [2.75, 3.05) is 24.3 Å². The van der Waals surface area contributed by atoms with Crippen LogP contribution in [0.5, 0.6) is 0 Å². The van der Waals surface area contributed by atoms with Crippen LogP contribution in [0.3, 0.4) is 0 Å². The van der Waals surface area contributed by atoms with Crippen molar-refractivity contribution < 1.29 is 14.6 Å². The topological polar surface area (TPSA) is 76.4 Å². The molecule has 1 unspecified atom stereocenters. The van der Waals surface area contributed by atoms with Crippen LogP contribution in [0.25, 0.3) is 10.9 Å². The van der Waals surface area contributed by atoms with Crippen molar-refractivity contribution in [2.45, 2.75) is 58.1 Å². The molecule has 0 amide bonds. The summed E-state index contributed by atoms with van der Waals surface area (Å²) in [5.41, 5.74) is 3.94. The molecule has 0 saturated carbocycles. The Bertz CT molecular complexity index is 784. The van der Waals surface area contributed by atoms with Gasteiger partial charge >= 0.3 is 5.97 Å². The number of halogens is 1. The predicted molar refractivity (Wildman–Crippen MR) is 108 cm³/mol. The number of carbonyl (C=O) groups is 1. The third-order valence-electron chi connectivity index (χ3n) is 5.03. The lowest BCUT2D eigenvalue weighted by atomic mass is 10.1. The number of nitrogens with one attached hydrogen (secondary N) is 1. The van der Waals surface area contributed by atoms with Crippen LogP contribution in [0.4, 0.5) is 5.69 Å². The molecule has 3 rings (SSSR count). The monoisotopic (exact) mass is 393 g/mol. The number of aryl methyl sites for hydroxylation is 2. The van der Waals surface area contributed by atoms with Gasteiger partial charge in [-0.05, 0) is 63.1 Å². The van der Waals surface area contributed by atoms with Gasteiger partial charge in [0, 0.05) is 23.6 Å². The normalized spacial score (nSPS) is 17.3. The predicted octanol–water partition coefficient (Wildman–Crippen LogP) is 4.49. The fraction of sp³-hybridized carbons (Fsp3) is 0.600. The van der Waals surface area contributed by atoms with E-state index in [0.29, 0.717) is 5.88 Å². The van der Waals surface area contributed by atoms with Crippen molar-refractivity contribution in [3.63, 3.8) is 0 Å². The Kier molecular flexibility index (Phi) is 6.96. The molecule has 27 heavy (non-hydrogen) atoms. The SMILES string of the molecule is Cc1cc2c(CCCCCCl)nn(C3CCCCO3)c2cc1NCC(=O)O. The molecule has 148 valence electrons.